The molecule has 1 rings (SSSR count). The first-order chi connectivity index (χ1) is 7.65. The van der Waals surface area contributed by atoms with E-state index in [0.29, 0.717) is 0 Å². The minimum Gasteiger partial charge on any atom is -0.394 e. The van der Waals surface area contributed by atoms with E-state index in [1.54, 1.807) is 0 Å². The summed E-state index contributed by atoms with van der Waals surface area (Å²) in [4.78, 5) is 2.62. The van der Waals surface area contributed by atoms with E-state index >= 15 is 0 Å². The van der Waals surface area contributed by atoms with Crippen LogP contribution in [0.1, 0.15) is 46.0 Å². The highest BCUT2D eigenvalue weighted by Gasteiger charge is 2.28. The lowest BCUT2D eigenvalue weighted by molar-refractivity contribution is 0.162. The summed E-state index contributed by atoms with van der Waals surface area (Å²) in [5, 5.41) is 12.5. The smallest absolute Gasteiger partial charge is 0.0610 e. The fraction of sp³-hybridized carbons (Fsp3) is 1.00. The maximum Gasteiger partial charge on any atom is 0.0610 e. The van der Waals surface area contributed by atoms with Gasteiger partial charge in [-0.3, -0.25) is 0 Å². The van der Waals surface area contributed by atoms with Crippen LogP contribution in [0, 0.1) is 0 Å². The number of rotatable bonds is 9. The Morgan fingerprint density at radius 1 is 1.38 bits per heavy atom. The van der Waals surface area contributed by atoms with Gasteiger partial charge in [-0.05, 0) is 59.2 Å². The number of nitrogens with one attached hydrogen (secondary N) is 1. The molecule has 0 aliphatic heterocycles. The normalized spacial score (nSPS) is 20.1. The summed E-state index contributed by atoms with van der Waals surface area (Å²) in [5.41, 5.74) is -0.0958. The standard InChI is InChI=1S/C13H28N2O/c1-4-9-15(12-6-7-12)10-5-8-13(2,11-16)14-3/h12,14,16H,4-11H2,1-3H3. The molecule has 3 heteroatoms. The molecule has 3 nitrogen and oxygen atoms in total. The fourth-order valence-electron chi connectivity index (χ4n) is 2.16. The van der Waals surface area contributed by atoms with Crippen LogP contribution in [0.25, 0.3) is 0 Å². The van der Waals surface area contributed by atoms with Gasteiger partial charge in [-0.15, -0.1) is 0 Å². The maximum atomic E-state index is 9.30. The first-order valence-electron chi connectivity index (χ1n) is 6.69. The minimum atomic E-state index is -0.0958. The molecule has 0 saturated heterocycles. The Labute approximate surface area is 100 Å². The highest BCUT2D eigenvalue weighted by molar-refractivity contribution is 4.86. The van der Waals surface area contributed by atoms with E-state index in [0.717, 1.165) is 12.5 Å². The summed E-state index contributed by atoms with van der Waals surface area (Å²) < 4.78 is 0. The van der Waals surface area contributed by atoms with Crippen molar-refractivity contribution in [3.05, 3.63) is 0 Å². The van der Waals surface area contributed by atoms with Gasteiger partial charge >= 0.3 is 0 Å². The highest BCUT2D eigenvalue weighted by Crippen LogP contribution is 2.27. The van der Waals surface area contributed by atoms with E-state index in [-0.39, 0.29) is 12.1 Å². The summed E-state index contributed by atoms with van der Waals surface area (Å²) in [6.45, 7) is 6.99. The molecule has 0 aromatic carbocycles. The lowest BCUT2D eigenvalue weighted by Crippen LogP contribution is -2.44. The van der Waals surface area contributed by atoms with Gasteiger partial charge in [-0.25, -0.2) is 0 Å². The van der Waals surface area contributed by atoms with Crippen LogP contribution in [0.4, 0.5) is 0 Å². The molecular weight excluding hydrogens is 200 g/mol. The Balaban J connectivity index is 2.21. The molecule has 0 radical (unpaired) electrons. The lowest BCUT2D eigenvalue weighted by Gasteiger charge is -2.28. The highest BCUT2D eigenvalue weighted by atomic mass is 16.3. The van der Waals surface area contributed by atoms with E-state index in [4.69, 9.17) is 0 Å². The van der Waals surface area contributed by atoms with Crippen molar-refractivity contribution < 1.29 is 5.11 Å². The largest absolute Gasteiger partial charge is 0.394 e. The molecule has 1 aliphatic rings. The van der Waals surface area contributed by atoms with Crippen LogP contribution >= 0.6 is 0 Å². The van der Waals surface area contributed by atoms with Crippen LogP contribution in [0.2, 0.25) is 0 Å². The van der Waals surface area contributed by atoms with Crippen molar-refractivity contribution in [1.29, 1.82) is 0 Å². The minimum absolute atomic E-state index is 0.0958. The second-order valence-corrected chi connectivity index (χ2v) is 5.34. The van der Waals surface area contributed by atoms with E-state index in [9.17, 15) is 5.11 Å². The average molecular weight is 228 g/mol. The monoisotopic (exact) mass is 228 g/mol. The number of hydrogen-bond donors (Lipinski definition) is 2. The maximum absolute atomic E-state index is 9.30. The molecule has 0 aromatic heterocycles. The van der Waals surface area contributed by atoms with E-state index in [1.165, 1.54) is 38.8 Å². The van der Waals surface area contributed by atoms with Gasteiger partial charge < -0.3 is 15.3 Å². The van der Waals surface area contributed by atoms with E-state index < -0.39 is 0 Å². The zero-order valence-corrected chi connectivity index (χ0v) is 11.1. The third-order valence-electron chi connectivity index (χ3n) is 3.70. The number of aliphatic hydroxyl groups is 1. The lowest BCUT2D eigenvalue weighted by atomic mass is 9.97. The zero-order valence-electron chi connectivity index (χ0n) is 11.1. The van der Waals surface area contributed by atoms with Gasteiger partial charge in [0.15, 0.2) is 0 Å². The van der Waals surface area contributed by atoms with Gasteiger partial charge in [0.1, 0.15) is 0 Å². The molecule has 0 heterocycles. The summed E-state index contributed by atoms with van der Waals surface area (Å²) in [6, 6.07) is 0.870. The van der Waals surface area contributed by atoms with Gasteiger partial charge in [0, 0.05) is 11.6 Å². The van der Waals surface area contributed by atoms with Crippen LogP contribution in [0.3, 0.4) is 0 Å². The molecule has 1 aliphatic carbocycles. The Hall–Kier alpha value is -0.120. The van der Waals surface area contributed by atoms with Crippen molar-refractivity contribution in [2.24, 2.45) is 0 Å². The number of aliphatic hydroxyl groups excluding tert-OH is 1. The Kier molecular flexibility index (Phi) is 5.73. The Morgan fingerprint density at radius 2 is 2.06 bits per heavy atom. The fourth-order valence-corrected chi connectivity index (χ4v) is 2.16. The Bertz CT molecular complexity index is 188. The van der Waals surface area contributed by atoms with Gasteiger partial charge in [-0.2, -0.15) is 0 Å². The third-order valence-corrected chi connectivity index (χ3v) is 3.70. The molecule has 1 fully saturated rings. The van der Waals surface area contributed by atoms with Crippen LogP contribution in [0.15, 0.2) is 0 Å². The topological polar surface area (TPSA) is 35.5 Å². The third kappa shape index (κ3) is 4.40. The molecule has 0 aromatic rings. The molecule has 1 atom stereocenters. The molecule has 1 unspecified atom stereocenters. The SMILES string of the molecule is CCCN(CCCC(C)(CO)NC)C1CC1. The number of nitrogens with zero attached hydrogens (tertiary/aromatic N) is 1. The van der Waals surface area contributed by atoms with Crippen LogP contribution in [-0.4, -0.2) is 48.3 Å². The number of hydrogen-bond acceptors (Lipinski definition) is 3. The first kappa shape index (κ1) is 13.9. The number of likely N-dealkylation sites (N-methyl/N-ethyl adjacent to an activating group) is 1. The van der Waals surface area contributed by atoms with Crippen molar-refractivity contribution in [2.75, 3.05) is 26.7 Å². The van der Waals surface area contributed by atoms with Crippen LogP contribution in [-0.2, 0) is 0 Å². The summed E-state index contributed by atoms with van der Waals surface area (Å²) in [5.74, 6) is 0. The predicted molar refractivity (Wildman–Crippen MR) is 68.7 cm³/mol. The van der Waals surface area contributed by atoms with Crippen LogP contribution < -0.4 is 5.32 Å². The van der Waals surface area contributed by atoms with Gasteiger partial charge in [0.05, 0.1) is 6.61 Å². The molecule has 2 N–H and O–H groups in total. The quantitative estimate of drug-likeness (QED) is 0.629. The van der Waals surface area contributed by atoms with Gasteiger partial charge in [0.25, 0.3) is 0 Å². The summed E-state index contributed by atoms with van der Waals surface area (Å²) in [7, 11) is 1.93. The summed E-state index contributed by atoms with van der Waals surface area (Å²) in [6.07, 6.45) is 6.26. The van der Waals surface area contributed by atoms with Crippen LogP contribution in [0.5, 0.6) is 0 Å². The predicted octanol–water partition coefficient (Wildman–Crippen LogP) is 1.61. The van der Waals surface area contributed by atoms with Crippen molar-refractivity contribution >= 4 is 0 Å². The molecular formula is C13H28N2O. The first-order valence-corrected chi connectivity index (χ1v) is 6.69. The molecule has 0 spiro atoms. The van der Waals surface area contributed by atoms with Gasteiger partial charge in [0.2, 0.25) is 0 Å². The second-order valence-electron chi connectivity index (χ2n) is 5.34. The molecule has 16 heavy (non-hydrogen) atoms. The average Bonchev–Trinajstić information content (AvgIpc) is 3.11. The zero-order chi connectivity index (χ0) is 12.0. The van der Waals surface area contributed by atoms with Crippen molar-refractivity contribution in [3.8, 4) is 0 Å². The summed E-state index contributed by atoms with van der Waals surface area (Å²) >= 11 is 0. The molecule has 0 amide bonds. The molecule has 1 saturated carbocycles. The Morgan fingerprint density at radius 3 is 2.50 bits per heavy atom. The van der Waals surface area contributed by atoms with Gasteiger partial charge in [-0.1, -0.05) is 6.92 Å². The van der Waals surface area contributed by atoms with E-state index in [2.05, 4.69) is 24.1 Å². The van der Waals surface area contributed by atoms with Crippen molar-refractivity contribution in [1.82, 2.24) is 10.2 Å². The molecule has 96 valence electrons. The molecule has 0 bridgehead atoms. The van der Waals surface area contributed by atoms with Crippen molar-refractivity contribution in [2.45, 2.75) is 57.5 Å². The van der Waals surface area contributed by atoms with Crippen molar-refractivity contribution in [3.63, 3.8) is 0 Å². The van der Waals surface area contributed by atoms with E-state index in [1.807, 2.05) is 7.05 Å². The second kappa shape index (κ2) is 6.58.